The van der Waals surface area contributed by atoms with Gasteiger partial charge in [-0.1, -0.05) is 19.6 Å². The van der Waals surface area contributed by atoms with E-state index in [2.05, 4.69) is 19.6 Å². The van der Waals surface area contributed by atoms with Crippen LogP contribution in [0.2, 0.25) is 19.6 Å². The summed E-state index contributed by atoms with van der Waals surface area (Å²) in [5, 5.41) is 0. The van der Waals surface area contributed by atoms with Gasteiger partial charge in [-0.05, 0) is 34.6 Å². The molecule has 0 aromatic rings. The molecule has 0 unspecified atom stereocenters. The van der Waals surface area contributed by atoms with Gasteiger partial charge in [-0.25, -0.2) is 4.79 Å². The number of ether oxygens (including phenoxy) is 2. The Morgan fingerprint density at radius 1 is 1.28 bits per heavy atom. The van der Waals surface area contributed by atoms with Gasteiger partial charge in [0.1, 0.15) is 5.72 Å². The zero-order chi connectivity index (χ0) is 14.4. The molecule has 0 radical (unpaired) electrons. The molecule has 1 fully saturated rings. The number of carbonyl (C=O) groups is 1. The number of carbonyl (C=O) groups excluding carboxylic acids is 1. The second kappa shape index (κ2) is 4.53. The molecule has 106 valence electrons. The first-order valence-electron chi connectivity index (χ1n) is 6.53. The summed E-state index contributed by atoms with van der Waals surface area (Å²) >= 11 is 0. The molecule has 4 nitrogen and oxygen atoms in total. The van der Waals surface area contributed by atoms with Gasteiger partial charge in [0, 0.05) is 0 Å². The first-order valence-corrected chi connectivity index (χ1v) is 10.1. The minimum absolute atomic E-state index is 0.00259. The number of hydrogen-bond acceptors (Lipinski definition) is 3. The van der Waals surface area contributed by atoms with Crippen LogP contribution in [0.15, 0.2) is 0 Å². The van der Waals surface area contributed by atoms with Crippen LogP contribution in [0.4, 0.5) is 4.79 Å². The van der Waals surface area contributed by atoms with Crippen molar-refractivity contribution >= 4 is 14.2 Å². The van der Waals surface area contributed by atoms with Crippen LogP contribution in [0.5, 0.6) is 0 Å². The van der Waals surface area contributed by atoms with Gasteiger partial charge in [0.05, 0.1) is 25.9 Å². The Hall–Kier alpha value is -0.553. The van der Waals surface area contributed by atoms with Crippen LogP contribution in [-0.2, 0) is 9.47 Å². The smallest absolute Gasteiger partial charge is 0.412 e. The lowest BCUT2D eigenvalue weighted by Gasteiger charge is -2.38. The van der Waals surface area contributed by atoms with Crippen LogP contribution in [0, 0.1) is 0 Å². The van der Waals surface area contributed by atoms with Gasteiger partial charge in [-0.2, -0.15) is 0 Å². The van der Waals surface area contributed by atoms with Crippen LogP contribution >= 0.6 is 0 Å². The largest absolute Gasteiger partial charge is 0.450 e. The fraction of sp³-hybridized carbons (Fsp3) is 0.923. The van der Waals surface area contributed by atoms with E-state index in [4.69, 9.17) is 9.47 Å². The normalized spacial score (nSPS) is 23.9. The minimum atomic E-state index is -1.48. The van der Waals surface area contributed by atoms with E-state index in [-0.39, 0.29) is 17.4 Å². The third kappa shape index (κ3) is 3.06. The highest BCUT2D eigenvalue weighted by Gasteiger charge is 2.50. The summed E-state index contributed by atoms with van der Waals surface area (Å²) in [6.07, 6.45) is -0.266. The minimum Gasteiger partial charge on any atom is -0.450 e. The maximum absolute atomic E-state index is 12.4. The van der Waals surface area contributed by atoms with Crippen molar-refractivity contribution in [1.29, 1.82) is 0 Å². The maximum atomic E-state index is 12.4. The Kier molecular flexibility index (Phi) is 3.90. The van der Waals surface area contributed by atoms with E-state index in [0.29, 0.717) is 6.61 Å². The SMILES string of the molecule is C[C@@H](OC(=O)N1C(C)(C)COC1(C)C)[Si](C)(C)C. The van der Waals surface area contributed by atoms with E-state index in [0.717, 1.165) is 0 Å². The summed E-state index contributed by atoms with van der Waals surface area (Å²) < 4.78 is 11.3. The van der Waals surface area contributed by atoms with Crippen molar-refractivity contribution in [3.63, 3.8) is 0 Å². The fourth-order valence-corrected chi connectivity index (χ4v) is 2.51. The standard InChI is InChI=1S/C13H27NO3Si/c1-10(18(6,7)8)17-11(15)14-12(2,3)9-16-13(14,4)5/h10H,9H2,1-8H3/t10-/m0/s1. The molecule has 1 rings (SSSR count). The van der Waals surface area contributed by atoms with E-state index in [1.165, 1.54) is 0 Å². The molecule has 0 aliphatic carbocycles. The Bertz CT molecular complexity index is 318. The van der Waals surface area contributed by atoms with Gasteiger partial charge in [-0.3, -0.25) is 4.90 Å². The summed E-state index contributed by atoms with van der Waals surface area (Å²) in [6.45, 7) is 16.9. The predicted molar refractivity (Wildman–Crippen MR) is 75.2 cm³/mol. The van der Waals surface area contributed by atoms with Crippen molar-refractivity contribution < 1.29 is 14.3 Å². The molecule has 1 atom stereocenters. The highest BCUT2D eigenvalue weighted by molar-refractivity contribution is 6.77. The Labute approximate surface area is 112 Å². The molecule has 1 saturated heterocycles. The Balaban J connectivity index is 2.83. The number of hydrogen-bond donors (Lipinski definition) is 0. The number of rotatable bonds is 2. The van der Waals surface area contributed by atoms with Gasteiger partial charge in [0.2, 0.25) is 0 Å². The average Bonchev–Trinajstić information content (AvgIpc) is 2.33. The van der Waals surface area contributed by atoms with Gasteiger partial charge < -0.3 is 9.47 Å². The molecule has 0 saturated carbocycles. The van der Waals surface area contributed by atoms with Crippen molar-refractivity contribution in [3.8, 4) is 0 Å². The van der Waals surface area contributed by atoms with E-state index >= 15 is 0 Å². The molecule has 0 aromatic carbocycles. The highest BCUT2D eigenvalue weighted by atomic mass is 28.3. The van der Waals surface area contributed by atoms with E-state index in [1.807, 2.05) is 34.6 Å². The van der Waals surface area contributed by atoms with Crippen LogP contribution in [0.3, 0.4) is 0 Å². The van der Waals surface area contributed by atoms with E-state index in [9.17, 15) is 4.79 Å². The number of amides is 1. The third-order valence-electron chi connectivity index (χ3n) is 3.60. The van der Waals surface area contributed by atoms with E-state index in [1.54, 1.807) is 4.90 Å². The quantitative estimate of drug-likeness (QED) is 0.725. The molecular weight excluding hydrogens is 246 g/mol. The molecular formula is C13H27NO3Si. The van der Waals surface area contributed by atoms with Gasteiger partial charge in [0.25, 0.3) is 0 Å². The molecule has 0 aromatic heterocycles. The monoisotopic (exact) mass is 273 g/mol. The van der Waals surface area contributed by atoms with Crippen molar-refractivity contribution in [2.24, 2.45) is 0 Å². The highest BCUT2D eigenvalue weighted by Crippen LogP contribution is 2.35. The Morgan fingerprint density at radius 3 is 2.11 bits per heavy atom. The third-order valence-corrected chi connectivity index (χ3v) is 6.16. The topological polar surface area (TPSA) is 38.8 Å². The molecule has 1 aliphatic rings. The van der Waals surface area contributed by atoms with Crippen molar-refractivity contribution in [1.82, 2.24) is 4.90 Å². The molecule has 0 bridgehead atoms. The lowest BCUT2D eigenvalue weighted by Crippen LogP contribution is -2.54. The lowest BCUT2D eigenvalue weighted by molar-refractivity contribution is -0.0534. The number of nitrogens with zero attached hydrogens (tertiary/aromatic N) is 1. The first kappa shape index (κ1) is 15.5. The summed E-state index contributed by atoms with van der Waals surface area (Å²) in [4.78, 5) is 14.1. The second-order valence-electron chi connectivity index (χ2n) is 7.28. The predicted octanol–water partition coefficient (Wildman–Crippen LogP) is 3.24. The summed E-state index contributed by atoms with van der Waals surface area (Å²) in [6, 6.07) is 0. The lowest BCUT2D eigenvalue weighted by atomic mass is 10.0. The molecule has 1 heterocycles. The van der Waals surface area contributed by atoms with Crippen LogP contribution < -0.4 is 0 Å². The van der Waals surface area contributed by atoms with Crippen LogP contribution in [-0.4, -0.2) is 42.7 Å². The molecule has 1 aliphatic heterocycles. The molecule has 18 heavy (non-hydrogen) atoms. The van der Waals surface area contributed by atoms with E-state index < -0.39 is 13.8 Å². The summed E-state index contributed by atoms with van der Waals surface area (Å²) in [7, 11) is -1.48. The van der Waals surface area contributed by atoms with Crippen molar-refractivity contribution in [3.05, 3.63) is 0 Å². The summed E-state index contributed by atoms with van der Waals surface area (Å²) in [5.74, 6) is 0. The van der Waals surface area contributed by atoms with Gasteiger partial charge in [0.15, 0.2) is 0 Å². The zero-order valence-corrected chi connectivity index (χ0v) is 14.0. The van der Waals surface area contributed by atoms with Gasteiger partial charge >= 0.3 is 6.09 Å². The van der Waals surface area contributed by atoms with Crippen molar-refractivity contribution in [2.75, 3.05) is 6.61 Å². The zero-order valence-electron chi connectivity index (χ0n) is 13.0. The Morgan fingerprint density at radius 2 is 1.78 bits per heavy atom. The summed E-state index contributed by atoms with van der Waals surface area (Å²) in [5.41, 5.74) is -0.920. The molecule has 5 heteroatoms. The van der Waals surface area contributed by atoms with Crippen LogP contribution in [0.1, 0.15) is 34.6 Å². The molecule has 1 amide bonds. The molecule has 0 N–H and O–H groups in total. The second-order valence-corrected chi connectivity index (χ2v) is 12.8. The van der Waals surface area contributed by atoms with Gasteiger partial charge in [-0.15, -0.1) is 0 Å². The first-order chi connectivity index (χ1) is 7.88. The fourth-order valence-electron chi connectivity index (χ4n) is 2.06. The maximum Gasteiger partial charge on any atom is 0.412 e. The van der Waals surface area contributed by atoms with Crippen LogP contribution in [0.25, 0.3) is 0 Å². The average molecular weight is 273 g/mol. The molecule has 0 spiro atoms. The van der Waals surface area contributed by atoms with Crippen molar-refractivity contribution in [2.45, 2.75) is 71.3 Å².